The van der Waals surface area contributed by atoms with Gasteiger partial charge in [-0.15, -0.1) is 0 Å². The molecule has 0 radical (unpaired) electrons. The number of rotatable bonds is 4. The van der Waals surface area contributed by atoms with Crippen LogP contribution in [0.25, 0.3) is 0 Å². The fourth-order valence-corrected chi connectivity index (χ4v) is 2.88. The largest absolute Gasteiger partial charge is 0.491 e. The van der Waals surface area contributed by atoms with E-state index in [2.05, 4.69) is 15.2 Å². The molecule has 0 N–H and O–H groups in total. The Bertz CT molecular complexity index is 713. The number of likely N-dealkylation sites (N-methyl/N-ethyl adjacent to an activating group) is 1. The topological polar surface area (TPSA) is 71.7 Å². The van der Waals surface area contributed by atoms with Crippen LogP contribution < -0.4 is 4.74 Å². The first kappa shape index (κ1) is 16.4. The third-order valence-corrected chi connectivity index (χ3v) is 4.15. The SMILES string of the molecule is Cc1nonc1CC(=O)N1Cc2ccccc2OCC1CN(C)C. The molecular weight excluding hydrogens is 308 g/mol. The van der Waals surface area contributed by atoms with Crippen molar-refractivity contribution in [1.82, 2.24) is 20.1 Å². The highest BCUT2D eigenvalue weighted by Crippen LogP contribution is 2.25. The molecule has 0 bridgehead atoms. The molecule has 7 heteroatoms. The lowest BCUT2D eigenvalue weighted by Gasteiger charge is -2.31. The van der Waals surface area contributed by atoms with Crippen LogP contribution in [0.3, 0.4) is 0 Å². The maximum atomic E-state index is 12.9. The van der Waals surface area contributed by atoms with E-state index >= 15 is 0 Å². The number of aryl methyl sites for hydroxylation is 1. The number of fused-ring (bicyclic) bond motifs is 1. The molecule has 0 fully saturated rings. The van der Waals surface area contributed by atoms with Gasteiger partial charge < -0.3 is 14.5 Å². The first-order valence-corrected chi connectivity index (χ1v) is 7.97. The smallest absolute Gasteiger partial charge is 0.229 e. The minimum atomic E-state index is -0.0277. The molecule has 24 heavy (non-hydrogen) atoms. The van der Waals surface area contributed by atoms with Gasteiger partial charge in [-0.3, -0.25) is 4.79 Å². The normalized spacial score (nSPS) is 17.3. The Morgan fingerprint density at radius 3 is 2.83 bits per heavy atom. The highest BCUT2D eigenvalue weighted by atomic mass is 16.6. The lowest BCUT2D eigenvalue weighted by molar-refractivity contribution is -0.134. The standard InChI is InChI=1S/C17H22N4O3/c1-12-15(19-24-18-12)8-17(22)21-9-13-6-4-5-7-16(13)23-11-14(21)10-20(2)3/h4-7,14H,8-11H2,1-3H3. The fraction of sp³-hybridized carbons (Fsp3) is 0.471. The number of aromatic nitrogens is 2. The van der Waals surface area contributed by atoms with Crippen molar-refractivity contribution in [3.05, 3.63) is 41.2 Å². The Balaban J connectivity index is 1.84. The number of carbonyl (C=O) groups excluding carboxylic acids is 1. The minimum Gasteiger partial charge on any atom is -0.491 e. The zero-order chi connectivity index (χ0) is 17.1. The Morgan fingerprint density at radius 1 is 1.33 bits per heavy atom. The zero-order valence-electron chi connectivity index (χ0n) is 14.2. The van der Waals surface area contributed by atoms with Crippen molar-refractivity contribution in [3.8, 4) is 5.75 Å². The average molecular weight is 330 g/mol. The molecule has 0 aliphatic carbocycles. The third-order valence-electron chi connectivity index (χ3n) is 4.15. The Morgan fingerprint density at radius 2 is 2.12 bits per heavy atom. The van der Waals surface area contributed by atoms with Crippen molar-refractivity contribution < 1.29 is 14.2 Å². The predicted molar refractivity (Wildman–Crippen MR) is 87.6 cm³/mol. The molecule has 1 aliphatic rings. The van der Waals surface area contributed by atoms with Gasteiger partial charge in [0.2, 0.25) is 5.91 Å². The summed E-state index contributed by atoms with van der Waals surface area (Å²) >= 11 is 0. The van der Waals surface area contributed by atoms with Crippen molar-refractivity contribution >= 4 is 5.91 Å². The van der Waals surface area contributed by atoms with Crippen LogP contribution in [0.2, 0.25) is 0 Å². The van der Waals surface area contributed by atoms with Gasteiger partial charge >= 0.3 is 0 Å². The number of para-hydroxylation sites is 1. The van der Waals surface area contributed by atoms with Crippen molar-refractivity contribution in [3.63, 3.8) is 0 Å². The summed E-state index contributed by atoms with van der Waals surface area (Å²) in [6.07, 6.45) is 0.182. The van der Waals surface area contributed by atoms with Gasteiger partial charge in [-0.2, -0.15) is 0 Å². The molecule has 0 spiro atoms. The van der Waals surface area contributed by atoms with E-state index in [4.69, 9.17) is 9.37 Å². The Labute approximate surface area is 141 Å². The van der Waals surface area contributed by atoms with Gasteiger partial charge in [0.05, 0.1) is 12.5 Å². The quantitative estimate of drug-likeness (QED) is 0.841. The number of nitrogens with zero attached hydrogens (tertiary/aromatic N) is 4. The summed E-state index contributed by atoms with van der Waals surface area (Å²) in [4.78, 5) is 16.9. The average Bonchev–Trinajstić information content (AvgIpc) is 2.85. The van der Waals surface area contributed by atoms with Crippen LogP contribution in [0, 0.1) is 6.92 Å². The van der Waals surface area contributed by atoms with Crippen molar-refractivity contribution in [2.75, 3.05) is 27.2 Å². The highest BCUT2D eigenvalue weighted by molar-refractivity contribution is 5.79. The van der Waals surface area contributed by atoms with Crippen molar-refractivity contribution in [1.29, 1.82) is 0 Å². The molecule has 2 heterocycles. The second-order valence-corrected chi connectivity index (χ2v) is 6.33. The number of amides is 1. The Kier molecular flexibility index (Phi) is 4.80. The summed E-state index contributed by atoms with van der Waals surface area (Å²) in [5.41, 5.74) is 2.25. The van der Waals surface area contributed by atoms with E-state index in [1.54, 1.807) is 6.92 Å². The zero-order valence-corrected chi connectivity index (χ0v) is 14.2. The van der Waals surface area contributed by atoms with Gasteiger partial charge in [0.1, 0.15) is 23.7 Å². The summed E-state index contributed by atoms with van der Waals surface area (Å²) in [5, 5.41) is 7.58. The molecule has 1 aromatic carbocycles. The van der Waals surface area contributed by atoms with Crippen LogP contribution in [-0.4, -0.2) is 59.3 Å². The number of hydrogen-bond donors (Lipinski definition) is 0. The van der Waals surface area contributed by atoms with E-state index in [9.17, 15) is 4.79 Å². The van der Waals surface area contributed by atoms with E-state index in [0.29, 0.717) is 24.5 Å². The summed E-state index contributed by atoms with van der Waals surface area (Å²) < 4.78 is 10.6. The lowest BCUT2D eigenvalue weighted by atomic mass is 10.1. The minimum absolute atomic E-state index is 0.000882. The molecule has 0 saturated carbocycles. The number of ether oxygens (including phenoxy) is 1. The third kappa shape index (κ3) is 3.56. The predicted octanol–water partition coefficient (Wildman–Crippen LogP) is 1.27. The summed E-state index contributed by atoms with van der Waals surface area (Å²) in [6, 6.07) is 7.82. The van der Waals surface area contributed by atoms with Gasteiger partial charge in [-0.1, -0.05) is 28.5 Å². The molecule has 7 nitrogen and oxygen atoms in total. The first-order valence-electron chi connectivity index (χ1n) is 7.97. The van der Waals surface area contributed by atoms with Gasteiger partial charge in [-0.25, -0.2) is 4.63 Å². The van der Waals surface area contributed by atoms with E-state index in [-0.39, 0.29) is 18.4 Å². The van der Waals surface area contributed by atoms with E-state index in [1.165, 1.54) is 0 Å². The second kappa shape index (κ2) is 7.00. The molecule has 1 aromatic heterocycles. The monoisotopic (exact) mass is 330 g/mol. The summed E-state index contributed by atoms with van der Waals surface area (Å²) in [7, 11) is 3.98. The molecule has 1 unspecified atom stereocenters. The molecule has 3 rings (SSSR count). The summed E-state index contributed by atoms with van der Waals surface area (Å²) in [6.45, 7) is 3.52. The van der Waals surface area contributed by atoms with Crippen LogP contribution in [-0.2, 0) is 17.8 Å². The maximum absolute atomic E-state index is 12.9. The van der Waals surface area contributed by atoms with Gasteiger partial charge in [0.25, 0.3) is 0 Å². The van der Waals surface area contributed by atoms with Crippen LogP contribution in [0.5, 0.6) is 5.75 Å². The Hall–Kier alpha value is -2.41. The number of benzene rings is 1. The van der Waals surface area contributed by atoms with Gasteiger partial charge in [0, 0.05) is 18.7 Å². The van der Waals surface area contributed by atoms with Crippen LogP contribution in [0.15, 0.2) is 28.9 Å². The van der Waals surface area contributed by atoms with Crippen molar-refractivity contribution in [2.45, 2.75) is 25.9 Å². The first-order chi connectivity index (χ1) is 11.5. The molecule has 1 aliphatic heterocycles. The fourth-order valence-electron chi connectivity index (χ4n) is 2.88. The van der Waals surface area contributed by atoms with E-state index < -0.39 is 0 Å². The second-order valence-electron chi connectivity index (χ2n) is 6.33. The van der Waals surface area contributed by atoms with Crippen LogP contribution in [0.4, 0.5) is 0 Å². The van der Waals surface area contributed by atoms with Crippen LogP contribution >= 0.6 is 0 Å². The number of hydrogen-bond acceptors (Lipinski definition) is 6. The lowest BCUT2D eigenvalue weighted by Crippen LogP contribution is -2.47. The molecule has 0 saturated heterocycles. The maximum Gasteiger partial charge on any atom is 0.229 e. The highest BCUT2D eigenvalue weighted by Gasteiger charge is 2.29. The van der Waals surface area contributed by atoms with E-state index in [1.807, 2.05) is 43.3 Å². The van der Waals surface area contributed by atoms with E-state index in [0.717, 1.165) is 17.9 Å². The molecule has 128 valence electrons. The molecule has 1 amide bonds. The molecule has 1 atom stereocenters. The summed E-state index contributed by atoms with van der Waals surface area (Å²) in [5.74, 6) is 0.844. The van der Waals surface area contributed by atoms with Crippen LogP contribution in [0.1, 0.15) is 17.0 Å². The van der Waals surface area contributed by atoms with Gasteiger partial charge in [-0.05, 0) is 27.1 Å². The van der Waals surface area contributed by atoms with Crippen molar-refractivity contribution in [2.24, 2.45) is 0 Å². The van der Waals surface area contributed by atoms with Gasteiger partial charge in [0.15, 0.2) is 0 Å². The number of carbonyl (C=O) groups is 1. The molecular formula is C17H22N4O3. The molecule has 2 aromatic rings.